The number of aromatic hydroxyl groups is 6. The van der Waals surface area contributed by atoms with Crippen LogP contribution < -0.4 is 0 Å². The second-order valence-electron chi connectivity index (χ2n) is 8.17. The maximum atomic E-state index is 9.76. The molecular weight excluding hydrogens is 460 g/mol. The minimum atomic E-state index is -0.568. The molecule has 0 aliphatic rings. The summed E-state index contributed by atoms with van der Waals surface area (Å²) in [6, 6.07) is 20.3. The zero-order valence-corrected chi connectivity index (χ0v) is 18.7. The van der Waals surface area contributed by atoms with E-state index < -0.39 is 34.5 Å². The third-order valence-electron chi connectivity index (χ3n) is 5.79. The van der Waals surface area contributed by atoms with Crippen LogP contribution in [0, 0.1) is 0 Å². The van der Waals surface area contributed by atoms with E-state index >= 15 is 0 Å². The van der Waals surface area contributed by atoms with Crippen molar-refractivity contribution in [3.63, 3.8) is 0 Å². The first-order valence-electron chi connectivity index (χ1n) is 10.8. The zero-order chi connectivity index (χ0) is 25.4. The van der Waals surface area contributed by atoms with E-state index in [0.717, 1.165) is 11.1 Å². The predicted octanol–water partition coefficient (Wildman–Crippen LogP) is 5.38. The van der Waals surface area contributed by atoms with Crippen LogP contribution >= 0.6 is 0 Å². The molecule has 178 valence electrons. The Labute approximate surface area is 205 Å². The van der Waals surface area contributed by atoms with Gasteiger partial charge in [0.15, 0.2) is 34.5 Å². The topological polar surface area (TPSA) is 147 Å². The summed E-state index contributed by atoms with van der Waals surface area (Å²) in [5, 5.41) is 58.1. The van der Waals surface area contributed by atoms with Crippen molar-refractivity contribution in [1.82, 2.24) is 9.97 Å². The lowest BCUT2D eigenvalue weighted by atomic mass is 10.0. The lowest BCUT2D eigenvalue weighted by Crippen LogP contribution is -1.88. The first-order valence-corrected chi connectivity index (χ1v) is 10.8. The SMILES string of the molecule is Oc1cc(-c2ccc(-c3cccc(-c4ccc(-c5cc(O)c(O)c(O)c5)cn4)c3)nc2)cc(O)c1O. The summed E-state index contributed by atoms with van der Waals surface area (Å²) in [7, 11) is 0. The van der Waals surface area contributed by atoms with Gasteiger partial charge in [-0.05, 0) is 53.6 Å². The van der Waals surface area contributed by atoms with E-state index in [1.54, 1.807) is 24.5 Å². The fourth-order valence-electron chi connectivity index (χ4n) is 3.85. The number of aromatic nitrogens is 2. The van der Waals surface area contributed by atoms with Gasteiger partial charge in [0.05, 0.1) is 11.4 Å². The van der Waals surface area contributed by atoms with Crippen LogP contribution in [-0.2, 0) is 0 Å². The molecule has 8 heteroatoms. The molecule has 5 rings (SSSR count). The van der Waals surface area contributed by atoms with Crippen molar-refractivity contribution in [3.8, 4) is 79.3 Å². The molecule has 0 aliphatic heterocycles. The van der Waals surface area contributed by atoms with Crippen molar-refractivity contribution in [2.24, 2.45) is 0 Å². The van der Waals surface area contributed by atoms with Crippen LogP contribution in [0.5, 0.6) is 34.5 Å². The van der Waals surface area contributed by atoms with E-state index in [1.165, 1.54) is 24.3 Å². The van der Waals surface area contributed by atoms with Crippen LogP contribution in [0.4, 0.5) is 0 Å². The third-order valence-corrected chi connectivity index (χ3v) is 5.79. The molecule has 2 heterocycles. The van der Waals surface area contributed by atoms with Crippen molar-refractivity contribution in [3.05, 3.63) is 85.2 Å². The molecule has 0 saturated carbocycles. The number of phenols is 6. The fourth-order valence-corrected chi connectivity index (χ4v) is 3.85. The van der Waals surface area contributed by atoms with Crippen molar-refractivity contribution in [2.45, 2.75) is 0 Å². The third kappa shape index (κ3) is 4.19. The standard InChI is InChI=1S/C28H20N2O6/c31-23-9-19(10-24(32)27(23)35)17-4-6-21(29-13-17)15-2-1-3-16(8-15)22-7-5-18(14-30-22)20-11-25(33)28(36)26(34)12-20/h1-14,31-36H. The molecule has 3 aromatic carbocycles. The van der Waals surface area contributed by atoms with E-state index in [-0.39, 0.29) is 0 Å². The van der Waals surface area contributed by atoms with E-state index in [0.29, 0.717) is 33.6 Å². The van der Waals surface area contributed by atoms with Crippen LogP contribution in [0.3, 0.4) is 0 Å². The lowest BCUT2D eigenvalue weighted by molar-refractivity contribution is 0.368. The Kier molecular flexibility index (Phi) is 5.54. The molecule has 0 saturated heterocycles. The maximum absolute atomic E-state index is 9.76. The summed E-state index contributed by atoms with van der Waals surface area (Å²) in [4.78, 5) is 9.01. The van der Waals surface area contributed by atoms with E-state index in [1.807, 2.05) is 36.4 Å². The Morgan fingerprint density at radius 1 is 0.389 bits per heavy atom. The molecule has 0 unspecified atom stereocenters. The average Bonchev–Trinajstić information content (AvgIpc) is 2.90. The van der Waals surface area contributed by atoms with Gasteiger partial charge in [-0.25, -0.2) is 0 Å². The number of hydrogen-bond acceptors (Lipinski definition) is 8. The van der Waals surface area contributed by atoms with Crippen molar-refractivity contribution >= 4 is 0 Å². The van der Waals surface area contributed by atoms with Gasteiger partial charge in [-0.2, -0.15) is 0 Å². The van der Waals surface area contributed by atoms with E-state index in [4.69, 9.17) is 0 Å². The maximum Gasteiger partial charge on any atom is 0.200 e. The lowest BCUT2D eigenvalue weighted by Gasteiger charge is -2.09. The van der Waals surface area contributed by atoms with E-state index in [2.05, 4.69) is 9.97 Å². The second-order valence-corrected chi connectivity index (χ2v) is 8.17. The minimum absolute atomic E-state index is 0.417. The molecule has 8 nitrogen and oxygen atoms in total. The Hall–Kier alpha value is -5.24. The molecule has 36 heavy (non-hydrogen) atoms. The molecule has 0 fully saturated rings. The van der Waals surface area contributed by atoms with Crippen LogP contribution in [0.15, 0.2) is 85.2 Å². The number of phenolic OH excluding ortho intramolecular Hbond substituents is 6. The molecular formula is C28H20N2O6. The Morgan fingerprint density at radius 3 is 1.11 bits per heavy atom. The number of pyridine rings is 2. The summed E-state index contributed by atoms with van der Waals surface area (Å²) in [6.45, 7) is 0. The number of hydrogen-bond donors (Lipinski definition) is 6. The zero-order valence-electron chi connectivity index (χ0n) is 18.7. The van der Waals surface area contributed by atoms with Gasteiger partial charge in [-0.3, -0.25) is 9.97 Å². The molecule has 0 bridgehead atoms. The first-order chi connectivity index (χ1) is 17.3. The van der Waals surface area contributed by atoms with Crippen LogP contribution in [-0.4, -0.2) is 40.6 Å². The van der Waals surface area contributed by atoms with Gasteiger partial charge >= 0.3 is 0 Å². The van der Waals surface area contributed by atoms with Gasteiger partial charge in [-0.15, -0.1) is 0 Å². The Morgan fingerprint density at radius 2 is 0.778 bits per heavy atom. The summed E-state index contributed by atoms with van der Waals surface area (Å²) in [5.41, 5.74) is 5.46. The highest BCUT2D eigenvalue weighted by atomic mass is 16.3. The summed E-state index contributed by atoms with van der Waals surface area (Å²) < 4.78 is 0. The summed E-state index contributed by atoms with van der Waals surface area (Å²) >= 11 is 0. The van der Waals surface area contributed by atoms with Gasteiger partial charge in [0.2, 0.25) is 0 Å². The molecule has 0 amide bonds. The number of rotatable bonds is 4. The number of nitrogens with zero attached hydrogens (tertiary/aromatic N) is 2. The van der Waals surface area contributed by atoms with Crippen LogP contribution in [0.25, 0.3) is 44.8 Å². The van der Waals surface area contributed by atoms with Crippen molar-refractivity contribution in [1.29, 1.82) is 0 Å². The van der Waals surface area contributed by atoms with Gasteiger partial charge in [0.1, 0.15) is 0 Å². The van der Waals surface area contributed by atoms with Crippen LogP contribution in [0.2, 0.25) is 0 Å². The van der Waals surface area contributed by atoms with Gasteiger partial charge in [0.25, 0.3) is 0 Å². The fraction of sp³-hybridized carbons (Fsp3) is 0. The Bertz CT molecular complexity index is 1420. The molecule has 6 N–H and O–H groups in total. The highest BCUT2D eigenvalue weighted by Crippen LogP contribution is 2.40. The molecule has 0 spiro atoms. The summed E-state index contributed by atoms with van der Waals surface area (Å²) in [5.74, 6) is -2.81. The van der Waals surface area contributed by atoms with Crippen molar-refractivity contribution in [2.75, 3.05) is 0 Å². The quantitative estimate of drug-likeness (QED) is 0.188. The molecule has 0 aliphatic carbocycles. The largest absolute Gasteiger partial charge is 0.504 e. The molecule has 2 aromatic heterocycles. The summed E-state index contributed by atoms with van der Waals surface area (Å²) in [6.07, 6.45) is 3.23. The highest BCUT2D eigenvalue weighted by Gasteiger charge is 2.12. The van der Waals surface area contributed by atoms with E-state index in [9.17, 15) is 30.6 Å². The van der Waals surface area contributed by atoms with Gasteiger partial charge in [-0.1, -0.05) is 30.3 Å². The predicted molar refractivity (Wildman–Crippen MR) is 134 cm³/mol. The molecule has 5 aromatic rings. The van der Waals surface area contributed by atoms with Gasteiger partial charge in [0, 0.05) is 34.6 Å². The monoisotopic (exact) mass is 480 g/mol. The Balaban J connectivity index is 1.41. The normalized spacial score (nSPS) is 10.9. The first kappa shape index (κ1) is 22.5. The number of benzene rings is 3. The van der Waals surface area contributed by atoms with Gasteiger partial charge < -0.3 is 30.6 Å². The average molecular weight is 480 g/mol. The highest BCUT2D eigenvalue weighted by molar-refractivity contribution is 5.75. The van der Waals surface area contributed by atoms with Crippen LogP contribution in [0.1, 0.15) is 0 Å². The minimum Gasteiger partial charge on any atom is -0.504 e. The van der Waals surface area contributed by atoms with Crippen molar-refractivity contribution < 1.29 is 30.6 Å². The molecule has 0 radical (unpaired) electrons. The smallest absolute Gasteiger partial charge is 0.200 e. The molecule has 0 atom stereocenters. The second kappa shape index (κ2) is 8.84.